The highest BCUT2D eigenvalue weighted by atomic mass is 31.3. The Morgan fingerprint density at radius 2 is 1.97 bits per heavy atom. The zero-order chi connectivity index (χ0) is 22.2. The average molecular weight is 480 g/mol. The highest BCUT2D eigenvalue weighted by molar-refractivity contribution is 7.74. The van der Waals surface area contributed by atoms with E-state index in [0.717, 1.165) is 17.1 Å². The summed E-state index contributed by atoms with van der Waals surface area (Å²) in [4.78, 5) is 79.5. The van der Waals surface area contributed by atoms with Crippen LogP contribution >= 0.6 is 24.0 Å². The van der Waals surface area contributed by atoms with E-state index in [-0.39, 0.29) is 5.82 Å². The number of aromatic nitrogens is 2. The number of rotatable bonds is 8. The normalized spacial score (nSPS) is 26.1. The lowest BCUT2D eigenvalue weighted by molar-refractivity contribution is -0.356. The Labute approximate surface area is 162 Å². The average Bonchev–Trinajstić information content (AvgIpc) is 2.79. The molecule has 17 nitrogen and oxygen atoms in total. The minimum absolute atomic E-state index is 0.158. The van der Waals surface area contributed by atoms with Crippen LogP contribution in [0.5, 0.6) is 0 Å². The SMILES string of the molecule is Nc1ccn([C@@H]2O[C@H](CO)[C@@H](O[P+]([O-])([O-])N[P+]([O-])([O-])OP(=O)(O)O)[C@H]2O)c(=O)n1. The summed E-state index contributed by atoms with van der Waals surface area (Å²) in [5, 5.41) is 19.6. The van der Waals surface area contributed by atoms with Gasteiger partial charge in [0.05, 0.1) is 6.61 Å². The number of aliphatic hydroxyl groups is 2. The van der Waals surface area contributed by atoms with Crippen LogP contribution in [0, 0.1) is 0 Å². The molecule has 2 rings (SSSR count). The zero-order valence-corrected chi connectivity index (χ0v) is 16.6. The standard InChI is InChI=1S/C9H17N4O13P3/c10-5-1-2-13(9(16)11-5)8-6(15)7(4(3-14)24-8)25-27(17,18)12-28(19,20)26-29(21,22)23/h1-2,4,6-8,14-15H,3H2,(H2,10,11,16)(H2,21,22,23)(H3,12,17,18,19,20)/p-2/t4-,6-,7-,8-/m1/s1. The Kier molecular flexibility index (Phi) is 7.45. The second-order valence-electron chi connectivity index (χ2n) is 5.52. The van der Waals surface area contributed by atoms with Gasteiger partial charge in [0.2, 0.25) is 0 Å². The zero-order valence-electron chi connectivity index (χ0n) is 13.9. The van der Waals surface area contributed by atoms with E-state index in [1.807, 2.05) is 0 Å². The van der Waals surface area contributed by atoms with Crippen molar-refractivity contribution in [3.8, 4) is 0 Å². The quantitative estimate of drug-likeness (QED) is 0.189. The molecule has 1 aromatic heterocycles. The van der Waals surface area contributed by atoms with Gasteiger partial charge < -0.3 is 50.0 Å². The first kappa shape index (κ1) is 24.6. The number of phosphoric acid groups is 1. The van der Waals surface area contributed by atoms with Crippen molar-refractivity contribution < 1.29 is 57.7 Å². The fourth-order valence-corrected chi connectivity index (χ4v) is 5.90. The summed E-state index contributed by atoms with van der Waals surface area (Å²) in [5.41, 5.74) is 4.33. The van der Waals surface area contributed by atoms with Gasteiger partial charge in [0.25, 0.3) is 0 Å². The van der Waals surface area contributed by atoms with Gasteiger partial charge in [0.15, 0.2) is 28.5 Å². The maximum absolute atomic E-state index is 11.9. The number of nitrogens with two attached hydrogens (primary N) is 1. The molecular weight excluding hydrogens is 465 g/mol. The van der Waals surface area contributed by atoms with Crippen molar-refractivity contribution in [2.75, 3.05) is 12.3 Å². The third-order valence-corrected chi connectivity index (χ3v) is 7.53. The van der Waals surface area contributed by atoms with E-state index in [0.29, 0.717) is 4.57 Å². The summed E-state index contributed by atoms with van der Waals surface area (Å²) in [6.45, 7) is -0.927. The van der Waals surface area contributed by atoms with Gasteiger partial charge >= 0.3 is 13.5 Å². The molecule has 20 heteroatoms. The molecule has 0 unspecified atom stereocenters. The van der Waals surface area contributed by atoms with Crippen molar-refractivity contribution in [3.05, 3.63) is 22.7 Å². The largest absolute Gasteiger partial charge is 0.642 e. The second kappa shape index (κ2) is 8.80. The predicted octanol–water partition coefficient (Wildman–Crippen LogP) is -6.04. The van der Waals surface area contributed by atoms with Crippen LogP contribution in [-0.4, -0.2) is 54.5 Å². The van der Waals surface area contributed by atoms with Crippen LogP contribution in [0.25, 0.3) is 0 Å². The summed E-state index contributed by atoms with van der Waals surface area (Å²) >= 11 is 0. The molecule has 0 saturated carbocycles. The van der Waals surface area contributed by atoms with Crippen LogP contribution in [0.15, 0.2) is 17.1 Å². The van der Waals surface area contributed by atoms with Gasteiger partial charge in [-0.25, -0.2) is 13.9 Å². The lowest BCUT2D eigenvalue weighted by Gasteiger charge is -2.42. The van der Waals surface area contributed by atoms with Gasteiger partial charge in [0, 0.05) is 6.20 Å². The number of aliphatic hydroxyl groups excluding tert-OH is 2. The van der Waals surface area contributed by atoms with Gasteiger partial charge in [-0.15, -0.1) is 4.31 Å². The van der Waals surface area contributed by atoms with E-state index in [1.54, 1.807) is 0 Å². The molecule has 4 atom stereocenters. The fraction of sp³-hybridized carbons (Fsp3) is 0.556. The van der Waals surface area contributed by atoms with Crippen molar-refractivity contribution >= 4 is 29.8 Å². The van der Waals surface area contributed by atoms with Crippen LogP contribution < -0.4 is 35.9 Å². The summed E-state index contributed by atoms with van der Waals surface area (Å²) in [6, 6.07) is 1.16. The highest BCUT2D eigenvalue weighted by Gasteiger charge is 2.50. The van der Waals surface area contributed by atoms with Crippen LogP contribution in [0.3, 0.4) is 0 Å². The molecule has 0 aromatic carbocycles. The summed E-state index contributed by atoms with van der Waals surface area (Å²) in [5.74, 6) is -0.158. The summed E-state index contributed by atoms with van der Waals surface area (Å²) < 4.78 is 24.2. The first-order valence-electron chi connectivity index (χ1n) is 7.30. The van der Waals surface area contributed by atoms with E-state index in [4.69, 9.17) is 20.3 Å². The van der Waals surface area contributed by atoms with Crippen molar-refractivity contribution in [2.45, 2.75) is 24.5 Å². The Morgan fingerprint density at radius 1 is 1.34 bits per heavy atom. The Bertz CT molecular complexity index is 830. The number of hydrogen-bond donors (Lipinski definition) is 6. The Morgan fingerprint density at radius 3 is 2.48 bits per heavy atom. The first-order chi connectivity index (χ1) is 13.1. The van der Waals surface area contributed by atoms with Gasteiger partial charge in [-0.3, -0.25) is 4.57 Å². The van der Waals surface area contributed by atoms with Gasteiger partial charge in [0.1, 0.15) is 18.0 Å². The van der Waals surface area contributed by atoms with Crippen LogP contribution in [0.4, 0.5) is 5.82 Å². The topological polar surface area (TPSA) is 291 Å². The molecular formula is C9H15N4O13P3-2. The van der Waals surface area contributed by atoms with Crippen molar-refractivity contribution in [1.82, 2.24) is 14.4 Å². The Balaban J connectivity index is 2.20. The molecule has 1 fully saturated rings. The highest BCUT2D eigenvalue weighted by Crippen LogP contribution is 2.60. The predicted molar refractivity (Wildman–Crippen MR) is 84.9 cm³/mol. The van der Waals surface area contributed by atoms with Crippen molar-refractivity contribution in [1.29, 1.82) is 0 Å². The number of hydrogen-bond acceptors (Lipinski definition) is 14. The third kappa shape index (κ3) is 6.63. The molecule has 1 aliphatic rings. The number of anilines is 1. The van der Waals surface area contributed by atoms with Crippen LogP contribution in [-0.2, 0) is 18.1 Å². The minimum Gasteiger partial charge on any atom is -0.642 e. The fourth-order valence-electron chi connectivity index (χ4n) is 2.34. The number of nitrogens with one attached hydrogen (secondary N) is 1. The molecule has 0 amide bonds. The number of nitrogens with zero attached hydrogens (tertiary/aromatic N) is 2. The lowest BCUT2D eigenvalue weighted by Crippen LogP contribution is -2.48. The Hall–Kier alpha value is -0.710. The number of nitrogen functional groups attached to an aromatic ring is 1. The minimum atomic E-state index is -5.85. The molecule has 0 radical (unpaired) electrons. The molecule has 0 spiro atoms. The van der Waals surface area contributed by atoms with E-state index in [9.17, 15) is 39.1 Å². The van der Waals surface area contributed by atoms with Crippen LogP contribution in [0.1, 0.15) is 6.23 Å². The first-order valence-corrected chi connectivity index (χ1v) is 11.9. The molecule has 0 bridgehead atoms. The smallest absolute Gasteiger partial charge is 0.504 e. The molecule has 1 aromatic rings. The van der Waals surface area contributed by atoms with E-state index < -0.39 is 60.8 Å². The lowest BCUT2D eigenvalue weighted by atomic mass is 10.1. The summed E-state index contributed by atoms with van der Waals surface area (Å²) in [7, 11) is -17.2. The summed E-state index contributed by atoms with van der Waals surface area (Å²) in [6.07, 6.45) is -5.96. The number of ether oxygens (including phenoxy) is 1. The third-order valence-electron chi connectivity index (χ3n) is 3.33. The van der Waals surface area contributed by atoms with E-state index >= 15 is 0 Å². The molecule has 1 saturated heterocycles. The van der Waals surface area contributed by atoms with Gasteiger partial charge in [-0.1, -0.05) is 0 Å². The molecule has 2 heterocycles. The molecule has 7 N–H and O–H groups in total. The molecule has 166 valence electrons. The molecule has 0 aliphatic carbocycles. The molecule has 29 heavy (non-hydrogen) atoms. The van der Waals surface area contributed by atoms with Gasteiger partial charge in [-0.05, 0) is 10.9 Å². The van der Waals surface area contributed by atoms with Crippen LogP contribution in [0.2, 0.25) is 0 Å². The maximum Gasteiger partial charge on any atom is 0.504 e. The maximum atomic E-state index is 11.9. The monoisotopic (exact) mass is 480 g/mol. The second-order valence-corrected chi connectivity index (χ2v) is 10.2. The van der Waals surface area contributed by atoms with E-state index in [1.165, 1.54) is 0 Å². The van der Waals surface area contributed by atoms with Gasteiger partial charge in [-0.2, -0.15) is 4.98 Å². The van der Waals surface area contributed by atoms with E-state index in [2.05, 4.69) is 13.8 Å². The van der Waals surface area contributed by atoms with Crippen molar-refractivity contribution in [2.24, 2.45) is 0 Å². The molecule has 1 aliphatic heterocycles. The van der Waals surface area contributed by atoms with Crippen molar-refractivity contribution in [3.63, 3.8) is 0 Å².